The van der Waals surface area contributed by atoms with Crippen molar-refractivity contribution in [1.82, 2.24) is 5.32 Å². The summed E-state index contributed by atoms with van der Waals surface area (Å²) in [5, 5.41) is 12.4. The van der Waals surface area contributed by atoms with Crippen LogP contribution in [-0.4, -0.2) is 31.2 Å². The minimum Gasteiger partial charge on any atom is -0.388 e. The van der Waals surface area contributed by atoms with Gasteiger partial charge < -0.3 is 15.3 Å². The van der Waals surface area contributed by atoms with Crippen molar-refractivity contribution in [3.05, 3.63) is 29.8 Å². The Morgan fingerprint density at radius 1 is 1.32 bits per heavy atom. The van der Waals surface area contributed by atoms with Gasteiger partial charge in [-0.2, -0.15) is 0 Å². The lowest BCUT2D eigenvalue weighted by Gasteiger charge is -2.24. The molecule has 0 aliphatic heterocycles. The number of rotatable bonds is 7. The third kappa shape index (κ3) is 4.56. The lowest BCUT2D eigenvalue weighted by atomic mass is 10.1. The Balaban J connectivity index is 2.81. The van der Waals surface area contributed by atoms with E-state index < -0.39 is 6.10 Å². The first-order chi connectivity index (χ1) is 9.12. The maximum atomic E-state index is 11.5. The summed E-state index contributed by atoms with van der Waals surface area (Å²) < 4.78 is 0. The summed E-state index contributed by atoms with van der Waals surface area (Å²) in [4.78, 5) is 13.5. The minimum absolute atomic E-state index is 0.00567. The highest BCUT2D eigenvalue weighted by molar-refractivity contribution is 5.81. The van der Waals surface area contributed by atoms with Gasteiger partial charge in [0.25, 0.3) is 0 Å². The van der Waals surface area contributed by atoms with Crippen molar-refractivity contribution in [2.24, 2.45) is 0 Å². The first-order valence-corrected chi connectivity index (χ1v) is 6.85. The molecule has 0 aliphatic rings. The summed E-state index contributed by atoms with van der Waals surface area (Å²) >= 11 is 0. The van der Waals surface area contributed by atoms with Crippen molar-refractivity contribution in [3.63, 3.8) is 0 Å². The molecule has 2 N–H and O–H groups in total. The van der Waals surface area contributed by atoms with E-state index in [1.54, 1.807) is 7.05 Å². The van der Waals surface area contributed by atoms with E-state index >= 15 is 0 Å². The van der Waals surface area contributed by atoms with E-state index in [4.69, 9.17) is 0 Å². The fraction of sp³-hybridized carbons (Fsp3) is 0.533. The van der Waals surface area contributed by atoms with Crippen molar-refractivity contribution in [2.75, 3.05) is 25.0 Å². The van der Waals surface area contributed by atoms with E-state index in [9.17, 15) is 9.90 Å². The third-order valence-corrected chi connectivity index (χ3v) is 3.14. The summed E-state index contributed by atoms with van der Waals surface area (Å²) in [5.74, 6) is 0.00567. The van der Waals surface area contributed by atoms with Gasteiger partial charge in [-0.05, 0) is 30.5 Å². The van der Waals surface area contributed by atoms with Crippen LogP contribution in [0.15, 0.2) is 24.3 Å². The fourth-order valence-corrected chi connectivity index (χ4v) is 1.96. The zero-order valence-corrected chi connectivity index (χ0v) is 12.0. The van der Waals surface area contributed by atoms with Gasteiger partial charge in [0.1, 0.15) is 0 Å². The Bertz CT molecular complexity index is 390. The molecule has 1 atom stereocenters. The number of amides is 1. The van der Waals surface area contributed by atoms with Crippen molar-refractivity contribution in [3.8, 4) is 0 Å². The second-order valence-electron chi connectivity index (χ2n) is 4.61. The van der Waals surface area contributed by atoms with Crippen molar-refractivity contribution in [2.45, 2.75) is 32.8 Å². The molecule has 1 amide bonds. The van der Waals surface area contributed by atoms with Crippen LogP contribution in [0.4, 0.5) is 5.69 Å². The van der Waals surface area contributed by atoms with E-state index in [0.717, 1.165) is 24.2 Å². The van der Waals surface area contributed by atoms with Gasteiger partial charge in [-0.25, -0.2) is 0 Å². The number of likely N-dealkylation sites (N-methyl/N-ethyl adjacent to an activating group) is 1. The van der Waals surface area contributed by atoms with Gasteiger partial charge in [-0.15, -0.1) is 0 Å². The number of hydrogen-bond donors (Lipinski definition) is 2. The molecule has 0 unspecified atom stereocenters. The highest BCUT2D eigenvalue weighted by Crippen LogP contribution is 2.21. The standard InChI is InChI=1S/C15H24N2O2/c1-4-10-17(11-15(19)16-3)13-8-6-12(7-9-13)14(18)5-2/h6-9,14,18H,4-5,10-11H2,1-3H3,(H,16,19)/t14-/m1/s1. The van der Waals surface area contributed by atoms with Gasteiger partial charge in [0.15, 0.2) is 0 Å². The number of anilines is 1. The first-order valence-electron chi connectivity index (χ1n) is 6.85. The molecule has 0 spiro atoms. The normalized spacial score (nSPS) is 12.0. The summed E-state index contributed by atoms with van der Waals surface area (Å²) in [7, 11) is 1.65. The van der Waals surface area contributed by atoms with Crippen molar-refractivity contribution in [1.29, 1.82) is 0 Å². The van der Waals surface area contributed by atoms with Crippen molar-refractivity contribution >= 4 is 11.6 Å². The molecule has 1 rings (SSSR count). The van der Waals surface area contributed by atoms with Crippen LogP contribution in [0.2, 0.25) is 0 Å². The molecule has 0 saturated carbocycles. The Labute approximate surface area is 115 Å². The zero-order chi connectivity index (χ0) is 14.3. The van der Waals surface area contributed by atoms with Crippen LogP contribution >= 0.6 is 0 Å². The molecule has 0 fully saturated rings. The van der Waals surface area contributed by atoms with E-state index in [-0.39, 0.29) is 5.91 Å². The average molecular weight is 264 g/mol. The Morgan fingerprint density at radius 3 is 2.42 bits per heavy atom. The number of aliphatic hydroxyl groups excluding tert-OH is 1. The molecular formula is C15H24N2O2. The SMILES string of the molecule is CCCN(CC(=O)NC)c1ccc([C@H](O)CC)cc1. The fourth-order valence-electron chi connectivity index (χ4n) is 1.96. The maximum absolute atomic E-state index is 11.5. The molecular weight excluding hydrogens is 240 g/mol. The highest BCUT2D eigenvalue weighted by Gasteiger charge is 2.11. The summed E-state index contributed by atoms with van der Waals surface area (Å²) in [5.41, 5.74) is 1.93. The van der Waals surface area contributed by atoms with Crippen LogP contribution in [-0.2, 0) is 4.79 Å². The molecule has 0 heterocycles. The predicted octanol–water partition coefficient (Wildman–Crippen LogP) is 2.09. The molecule has 1 aromatic rings. The van der Waals surface area contributed by atoms with E-state index in [1.165, 1.54) is 0 Å². The second kappa shape index (κ2) is 7.79. The number of benzene rings is 1. The number of aliphatic hydroxyl groups is 1. The van der Waals surface area contributed by atoms with Crippen LogP contribution in [0, 0.1) is 0 Å². The van der Waals surface area contributed by atoms with Crippen LogP contribution in [0.1, 0.15) is 38.4 Å². The molecule has 4 nitrogen and oxygen atoms in total. The molecule has 0 bridgehead atoms. The molecule has 19 heavy (non-hydrogen) atoms. The van der Waals surface area contributed by atoms with Gasteiger partial charge >= 0.3 is 0 Å². The van der Waals surface area contributed by atoms with Gasteiger partial charge in [0, 0.05) is 19.3 Å². The number of hydrogen-bond acceptors (Lipinski definition) is 3. The van der Waals surface area contributed by atoms with Crippen LogP contribution in [0.5, 0.6) is 0 Å². The molecule has 0 aromatic heterocycles. The molecule has 0 radical (unpaired) electrons. The Kier molecular flexibility index (Phi) is 6.36. The number of nitrogens with zero attached hydrogens (tertiary/aromatic N) is 1. The number of nitrogens with one attached hydrogen (secondary N) is 1. The number of carbonyl (C=O) groups is 1. The van der Waals surface area contributed by atoms with Crippen molar-refractivity contribution < 1.29 is 9.90 Å². The molecule has 1 aromatic carbocycles. The second-order valence-corrected chi connectivity index (χ2v) is 4.61. The smallest absolute Gasteiger partial charge is 0.239 e. The van der Waals surface area contributed by atoms with E-state index in [2.05, 4.69) is 12.2 Å². The molecule has 106 valence electrons. The quantitative estimate of drug-likeness (QED) is 0.793. The lowest BCUT2D eigenvalue weighted by Crippen LogP contribution is -2.36. The summed E-state index contributed by atoms with van der Waals surface area (Å²) in [6, 6.07) is 7.78. The van der Waals surface area contributed by atoms with Gasteiger partial charge in [0.05, 0.1) is 12.6 Å². The lowest BCUT2D eigenvalue weighted by molar-refractivity contribution is -0.119. The molecule has 0 saturated heterocycles. The molecule has 0 aliphatic carbocycles. The van der Waals surface area contributed by atoms with Gasteiger partial charge in [-0.1, -0.05) is 26.0 Å². The predicted molar refractivity (Wildman–Crippen MR) is 78.3 cm³/mol. The molecule has 4 heteroatoms. The van der Waals surface area contributed by atoms with Crippen LogP contribution in [0.3, 0.4) is 0 Å². The maximum Gasteiger partial charge on any atom is 0.239 e. The Morgan fingerprint density at radius 2 is 1.95 bits per heavy atom. The summed E-state index contributed by atoms with van der Waals surface area (Å²) in [6.45, 7) is 5.24. The van der Waals surface area contributed by atoms with Gasteiger partial charge in [-0.3, -0.25) is 4.79 Å². The van der Waals surface area contributed by atoms with Crippen LogP contribution in [0.25, 0.3) is 0 Å². The zero-order valence-electron chi connectivity index (χ0n) is 12.0. The topological polar surface area (TPSA) is 52.6 Å². The van der Waals surface area contributed by atoms with E-state index in [1.807, 2.05) is 36.1 Å². The average Bonchev–Trinajstić information content (AvgIpc) is 2.46. The Hall–Kier alpha value is -1.55. The summed E-state index contributed by atoms with van der Waals surface area (Å²) in [6.07, 6.45) is 1.28. The van der Waals surface area contributed by atoms with E-state index in [0.29, 0.717) is 13.0 Å². The highest BCUT2D eigenvalue weighted by atomic mass is 16.3. The minimum atomic E-state index is -0.410. The van der Waals surface area contributed by atoms with Gasteiger partial charge in [0.2, 0.25) is 5.91 Å². The monoisotopic (exact) mass is 264 g/mol. The third-order valence-electron chi connectivity index (χ3n) is 3.14. The first kappa shape index (κ1) is 15.5. The number of carbonyl (C=O) groups excluding carboxylic acids is 1. The largest absolute Gasteiger partial charge is 0.388 e. The van der Waals surface area contributed by atoms with Crippen LogP contribution < -0.4 is 10.2 Å².